The van der Waals surface area contributed by atoms with Gasteiger partial charge in [0.1, 0.15) is 44.7 Å². The predicted molar refractivity (Wildman–Crippen MR) is 537 cm³/mol. The molecule has 600 valence electrons. The summed E-state index contributed by atoms with van der Waals surface area (Å²) in [6.07, 6.45) is 0. The van der Waals surface area contributed by atoms with Gasteiger partial charge >= 0.3 is 0 Å². The fraction of sp³-hybridized carbons (Fsp3) is 0.0159. The average molecular weight is 1650 g/mol. The van der Waals surface area contributed by atoms with E-state index in [9.17, 15) is 0 Å². The molecule has 0 N–H and O–H groups in total. The SMILES string of the molecule is c1ccc2c(c1)-c1ccccc1C21c2ccccc2-c2cccc(-c3c4cccc(-c5ccc6c(c5)oc5ccccc56)c4cc4c(-c5ccc6c(c5)oc5ccccc56)cccc34)c21.c1ccc2c(c1)-c1ccccc1C21c2ccccc2-c2cccc(-c3c4cccc(-c5cccc6c5oc5ccccc56)c4cc4c(-c5cccc6c5oc5ccccc56)cccc34)c21. The molecule has 0 fully saturated rings. The van der Waals surface area contributed by atoms with Crippen molar-refractivity contribution in [1.29, 1.82) is 0 Å². The molecule has 4 heterocycles. The molecule has 4 aliphatic carbocycles. The Morgan fingerprint density at radius 3 is 0.715 bits per heavy atom. The fourth-order valence-corrected chi connectivity index (χ4v) is 24.3. The lowest BCUT2D eigenvalue weighted by Crippen LogP contribution is -2.26. The zero-order chi connectivity index (χ0) is 84.8. The summed E-state index contributed by atoms with van der Waals surface area (Å²) in [6.45, 7) is 0. The smallest absolute Gasteiger partial charge is 0.143 e. The molecule has 4 nitrogen and oxygen atoms in total. The van der Waals surface area contributed by atoms with Crippen LogP contribution in [0.4, 0.5) is 0 Å². The Labute approximate surface area is 746 Å². The van der Waals surface area contributed by atoms with Crippen molar-refractivity contribution in [1.82, 2.24) is 0 Å². The van der Waals surface area contributed by atoms with Gasteiger partial charge in [-0.3, -0.25) is 0 Å². The van der Waals surface area contributed by atoms with Crippen molar-refractivity contribution in [3.05, 3.63) is 481 Å². The standard InChI is InChI=1S/2C63H36O2/c1-6-31-54-39(16-1)40-17-2-7-32-55(40)63(54)56-33-8-3-18-41(56)46-25-13-30-51(60(46)63)59-44-23-11-21-37(47-26-14-28-49-42-19-4-9-34-57(42)64-61(47)49)52(44)36-53-38(22-12-24-45(53)59)48-27-15-29-50-43-20-5-10-35-58(43)65-62(48)50;1-6-25-54-41(14-1)42-15-2-7-26-55(42)63(54)56-27-8-3-16-43(56)50-23-13-24-51(62(50)63)61-48-21-11-19-39(37-30-32-46-44-17-4-9-28-57(44)64-59(46)34-37)52(48)36-53-40(20-12-22-49(53)61)38-31-33-47-45-18-5-10-29-58(45)65-60(47)35-38/h2*1-36H. The summed E-state index contributed by atoms with van der Waals surface area (Å²) in [6, 6.07) is 161. The average Bonchev–Trinajstić information content (AvgIpc) is 1.50. The third-order valence-corrected chi connectivity index (χ3v) is 29.4. The Kier molecular flexibility index (Phi) is 14.7. The van der Waals surface area contributed by atoms with Crippen molar-refractivity contribution in [3.63, 3.8) is 0 Å². The molecule has 0 saturated heterocycles. The number of rotatable bonds is 6. The molecule has 2 spiro atoms. The van der Waals surface area contributed by atoms with Crippen LogP contribution >= 0.6 is 0 Å². The van der Waals surface area contributed by atoms with Crippen LogP contribution in [0.3, 0.4) is 0 Å². The fourth-order valence-electron chi connectivity index (χ4n) is 24.3. The highest BCUT2D eigenvalue weighted by molar-refractivity contribution is 6.25. The van der Waals surface area contributed by atoms with Crippen LogP contribution in [0, 0.1) is 0 Å². The first-order valence-corrected chi connectivity index (χ1v) is 45.0. The van der Waals surface area contributed by atoms with Crippen LogP contribution in [-0.2, 0) is 10.8 Å². The Hall–Kier alpha value is -16.9. The van der Waals surface area contributed by atoms with Gasteiger partial charge in [-0.05, 0) is 248 Å². The molecule has 4 heteroatoms. The molecule has 22 aromatic carbocycles. The van der Waals surface area contributed by atoms with E-state index in [1.807, 2.05) is 12.1 Å². The largest absolute Gasteiger partial charge is 0.456 e. The minimum Gasteiger partial charge on any atom is -0.456 e. The Balaban J connectivity index is 0.000000128. The minimum absolute atomic E-state index is 0.516. The van der Waals surface area contributed by atoms with Crippen molar-refractivity contribution < 1.29 is 17.7 Å². The van der Waals surface area contributed by atoms with Gasteiger partial charge in [0.15, 0.2) is 0 Å². The van der Waals surface area contributed by atoms with Gasteiger partial charge in [-0.15, -0.1) is 0 Å². The minimum atomic E-state index is -0.529. The summed E-state index contributed by atoms with van der Waals surface area (Å²) in [5.41, 5.74) is 41.1. The number of hydrogen-bond acceptors (Lipinski definition) is 4. The van der Waals surface area contributed by atoms with Gasteiger partial charge in [0, 0.05) is 54.2 Å². The molecule has 0 saturated carbocycles. The van der Waals surface area contributed by atoms with E-state index in [1.54, 1.807) is 0 Å². The first kappa shape index (κ1) is 71.4. The van der Waals surface area contributed by atoms with E-state index < -0.39 is 10.8 Å². The van der Waals surface area contributed by atoms with Crippen LogP contribution in [-0.4, -0.2) is 0 Å². The van der Waals surface area contributed by atoms with E-state index in [4.69, 9.17) is 17.7 Å². The van der Waals surface area contributed by atoms with E-state index in [2.05, 4.69) is 425 Å². The topological polar surface area (TPSA) is 52.6 Å². The maximum Gasteiger partial charge on any atom is 0.143 e. The molecular formula is C126H72O4. The molecule has 4 aliphatic rings. The summed E-state index contributed by atoms with van der Waals surface area (Å²) < 4.78 is 26.6. The first-order chi connectivity index (χ1) is 64.5. The van der Waals surface area contributed by atoms with Crippen molar-refractivity contribution in [2.24, 2.45) is 0 Å². The van der Waals surface area contributed by atoms with Crippen LogP contribution in [0.25, 0.3) is 242 Å². The monoisotopic (exact) mass is 1650 g/mol. The summed E-state index contributed by atoms with van der Waals surface area (Å²) in [5.74, 6) is 0. The second-order valence-corrected chi connectivity index (χ2v) is 35.5. The Bertz CT molecular complexity index is 9010. The molecule has 4 aromatic heterocycles. The summed E-state index contributed by atoms with van der Waals surface area (Å²) in [5, 5.41) is 18.5. The lowest BCUT2D eigenvalue weighted by atomic mass is 9.68. The van der Waals surface area contributed by atoms with Gasteiger partial charge in [-0.25, -0.2) is 0 Å². The molecule has 130 heavy (non-hydrogen) atoms. The molecule has 26 aromatic rings. The number of para-hydroxylation sites is 6. The van der Waals surface area contributed by atoms with Crippen LogP contribution in [0.1, 0.15) is 44.5 Å². The summed E-state index contributed by atoms with van der Waals surface area (Å²) >= 11 is 0. The molecule has 0 bridgehead atoms. The second-order valence-electron chi connectivity index (χ2n) is 35.5. The maximum absolute atomic E-state index is 6.77. The van der Waals surface area contributed by atoms with Crippen molar-refractivity contribution in [2.75, 3.05) is 0 Å². The van der Waals surface area contributed by atoms with Crippen LogP contribution in [0.5, 0.6) is 0 Å². The Morgan fingerprint density at radius 1 is 0.131 bits per heavy atom. The Morgan fingerprint density at radius 2 is 0.362 bits per heavy atom. The van der Waals surface area contributed by atoms with Crippen molar-refractivity contribution in [2.45, 2.75) is 10.8 Å². The van der Waals surface area contributed by atoms with E-state index in [0.29, 0.717) is 0 Å². The highest BCUT2D eigenvalue weighted by atomic mass is 16.3. The molecule has 0 aliphatic heterocycles. The molecule has 0 unspecified atom stereocenters. The third-order valence-electron chi connectivity index (χ3n) is 29.4. The summed E-state index contributed by atoms with van der Waals surface area (Å²) in [7, 11) is 0. The van der Waals surface area contributed by atoms with Crippen LogP contribution in [0.15, 0.2) is 454 Å². The number of benzene rings is 22. The quantitative estimate of drug-likeness (QED) is 0.156. The molecule has 30 rings (SSSR count). The van der Waals surface area contributed by atoms with Gasteiger partial charge in [-0.1, -0.05) is 376 Å². The van der Waals surface area contributed by atoms with Crippen molar-refractivity contribution >= 4 is 131 Å². The normalized spacial score (nSPS) is 13.4. The third kappa shape index (κ3) is 9.57. The maximum atomic E-state index is 6.77. The number of hydrogen-bond donors (Lipinski definition) is 0. The van der Waals surface area contributed by atoms with Gasteiger partial charge < -0.3 is 17.7 Å². The first-order valence-electron chi connectivity index (χ1n) is 45.0. The van der Waals surface area contributed by atoms with Gasteiger partial charge in [0.25, 0.3) is 0 Å². The highest BCUT2D eigenvalue weighted by Gasteiger charge is 2.55. The zero-order valence-corrected chi connectivity index (χ0v) is 70.2. The number of furan rings is 4. The molecule has 0 amide bonds. The highest BCUT2D eigenvalue weighted by Crippen LogP contribution is 2.68. The second kappa shape index (κ2) is 26.8. The summed E-state index contributed by atoms with van der Waals surface area (Å²) in [4.78, 5) is 0. The van der Waals surface area contributed by atoms with Gasteiger partial charge in [0.05, 0.1) is 10.8 Å². The van der Waals surface area contributed by atoms with Gasteiger partial charge in [0.2, 0.25) is 0 Å². The molecule has 0 radical (unpaired) electrons. The van der Waals surface area contributed by atoms with Crippen LogP contribution < -0.4 is 0 Å². The predicted octanol–water partition coefficient (Wildman–Crippen LogP) is 34.3. The van der Waals surface area contributed by atoms with E-state index >= 15 is 0 Å². The lowest BCUT2D eigenvalue weighted by molar-refractivity contribution is 0.668. The molecule has 0 atom stereocenters. The number of fused-ring (bicyclic) bond motifs is 36. The van der Waals surface area contributed by atoms with E-state index in [-0.39, 0.29) is 0 Å². The van der Waals surface area contributed by atoms with E-state index in [0.717, 1.165) is 132 Å². The molecular weight excluding hydrogens is 1580 g/mol. The zero-order valence-electron chi connectivity index (χ0n) is 70.2. The van der Waals surface area contributed by atoms with Crippen LogP contribution in [0.2, 0.25) is 0 Å². The lowest BCUT2D eigenvalue weighted by Gasteiger charge is -2.32. The van der Waals surface area contributed by atoms with E-state index in [1.165, 1.54) is 154 Å². The van der Waals surface area contributed by atoms with Gasteiger partial charge in [-0.2, -0.15) is 0 Å². The van der Waals surface area contributed by atoms with Crippen molar-refractivity contribution in [3.8, 4) is 111 Å².